The fraction of sp³-hybridized carbons (Fsp3) is 0.0435. The van der Waals surface area contributed by atoms with Gasteiger partial charge in [-0.15, -0.1) is 11.3 Å². The van der Waals surface area contributed by atoms with Crippen molar-refractivity contribution in [3.05, 3.63) is 89.6 Å². The Balaban J connectivity index is 1.49. The van der Waals surface area contributed by atoms with Crippen LogP contribution in [0, 0.1) is 0 Å². The Kier molecular flexibility index (Phi) is 5.72. The van der Waals surface area contributed by atoms with Gasteiger partial charge in [-0.3, -0.25) is 9.78 Å². The second-order valence-corrected chi connectivity index (χ2v) is 7.56. The molecule has 2 N–H and O–H groups in total. The van der Waals surface area contributed by atoms with E-state index in [9.17, 15) is 9.59 Å². The van der Waals surface area contributed by atoms with Crippen molar-refractivity contribution in [2.45, 2.75) is 0 Å². The lowest BCUT2D eigenvalue weighted by Gasteiger charge is -2.18. The molecule has 0 saturated carbocycles. The van der Waals surface area contributed by atoms with Crippen LogP contribution < -0.4 is 10.2 Å². The van der Waals surface area contributed by atoms with E-state index in [0.717, 1.165) is 22.1 Å². The number of anilines is 3. The average molecular weight is 430 g/mol. The van der Waals surface area contributed by atoms with Crippen LogP contribution in [0.4, 0.5) is 16.5 Å². The van der Waals surface area contributed by atoms with Gasteiger partial charge in [0.25, 0.3) is 5.91 Å². The van der Waals surface area contributed by atoms with Gasteiger partial charge < -0.3 is 15.3 Å². The quantitative estimate of drug-likeness (QED) is 0.451. The Hall–Kier alpha value is -4.04. The molecule has 0 fully saturated rings. The molecule has 7 nitrogen and oxygen atoms in total. The number of carbonyl (C=O) groups is 2. The molecular weight excluding hydrogens is 412 g/mol. The molecular formula is C23H18N4O3S. The number of hydrogen-bond acceptors (Lipinski definition) is 6. The van der Waals surface area contributed by atoms with Gasteiger partial charge in [-0.25, -0.2) is 9.78 Å². The summed E-state index contributed by atoms with van der Waals surface area (Å²) in [5.74, 6) is -1.26. The SMILES string of the molecule is CN(C(=O)c1ccc(C(=O)O)cc1)c1cccc(Nc2nc(-c3cccnc3)cs2)c1. The van der Waals surface area contributed by atoms with E-state index in [4.69, 9.17) is 5.11 Å². The van der Waals surface area contributed by atoms with Gasteiger partial charge in [0.1, 0.15) is 0 Å². The summed E-state index contributed by atoms with van der Waals surface area (Å²) in [7, 11) is 1.68. The Labute approximate surface area is 182 Å². The number of carboxylic acids is 1. The molecule has 0 saturated heterocycles. The molecule has 31 heavy (non-hydrogen) atoms. The fourth-order valence-corrected chi connectivity index (χ4v) is 3.70. The van der Waals surface area contributed by atoms with Crippen molar-refractivity contribution < 1.29 is 14.7 Å². The van der Waals surface area contributed by atoms with Gasteiger partial charge in [-0.2, -0.15) is 0 Å². The molecule has 2 aromatic carbocycles. The molecule has 154 valence electrons. The van der Waals surface area contributed by atoms with Gasteiger partial charge in [-0.1, -0.05) is 6.07 Å². The second-order valence-electron chi connectivity index (χ2n) is 6.70. The van der Waals surface area contributed by atoms with Crippen molar-refractivity contribution in [1.29, 1.82) is 0 Å². The fourth-order valence-electron chi connectivity index (χ4n) is 2.96. The zero-order chi connectivity index (χ0) is 21.8. The standard InChI is InChI=1S/C23H18N4O3S/c1-27(21(28)15-7-9-16(10-8-15)22(29)30)19-6-2-5-18(12-19)25-23-26-20(14-31-23)17-4-3-11-24-13-17/h2-14H,1H3,(H,25,26)(H,29,30). The monoisotopic (exact) mass is 430 g/mol. The summed E-state index contributed by atoms with van der Waals surface area (Å²) in [6.07, 6.45) is 3.49. The third kappa shape index (κ3) is 4.59. The maximum absolute atomic E-state index is 12.8. The minimum absolute atomic E-state index is 0.138. The molecule has 2 aromatic heterocycles. The van der Waals surface area contributed by atoms with E-state index in [1.165, 1.54) is 40.5 Å². The van der Waals surface area contributed by atoms with Crippen molar-refractivity contribution in [3.63, 3.8) is 0 Å². The van der Waals surface area contributed by atoms with Crippen LogP contribution in [-0.4, -0.2) is 34.0 Å². The van der Waals surface area contributed by atoms with Gasteiger partial charge in [0.05, 0.1) is 11.3 Å². The highest BCUT2D eigenvalue weighted by atomic mass is 32.1. The van der Waals surface area contributed by atoms with E-state index in [2.05, 4.69) is 15.3 Å². The maximum Gasteiger partial charge on any atom is 0.335 e. The third-order valence-electron chi connectivity index (χ3n) is 4.63. The number of nitrogens with one attached hydrogen (secondary N) is 1. The second kappa shape index (κ2) is 8.76. The number of carbonyl (C=O) groups excluding carboxylic acids is 1. The van der Waals surface area contributed by atoms with E-state index >= 15 is 0 Å². The molecule has 8 heteroatoms. The molecule has 0 bridgehead atoms. The van der Waals surface area contributed by atoms with Gasteiger partial charge in [0.2, 0.25) is 0 Å². The molecule has 0 spiro atoms. The minimum Gasteiger partial charge on any atom is -0.478 e. The van der Waals surface area contributed by atoms with Crippen molar-refractivity contribution in [2.24, 2.45) is 0 Å². The highest BCUT2D eigenvalue weighted by Gasteiger charge is 2.15. The van der Waals surface area contributed by atoms with Crippen molar-refractivity contribution in [1.82, 2.24) is 9.97 Å². The normalized spacial score (nSPS) is 10.5. The zero-order valence-corrected chi connectivity index (χ0v) is 17.3. The maximum atomic E-state index is 12.8. The molecule has 2 heterocycles. The zero-order valence-electron chi connectivity index (χ0n) is 16.5. The topological polar surface area (TPSA) is 95.4 Å². The molecule has 0 aliphatic heterocycles. The van der Waals surface area contributed by atoms with Crippen LogP contribution in [0.2, 0.25) is 0 Å². The first kappa shape index (κ1) is 20.2. The number of benzene rings is 2. The van der Waals surface area contributed by atoms with Crippen molar-refractivity contribution in [3.8, 4) is 11.3 Å². The molecule has 0 aliphatic carbocycles. The predicted octanol–water partition coefficient (Wildman–Crippen LogP) is 4.92. The van der Waals surface area contributed by atoms with Gasteiger partial charge in [0, 0.05) is 47.3 Å². The minimum atomic E-state index is -1.03. The summed E-state index contributed by atoms with van der Waals surface area (Å²) < 4.78 is 0. The van der Waals surface area contributed by atoms with Crippen molar-refractivity contribution in [2.75, 3.05) is 17.3 Å². The Morgan fingerprint density at radius 2 is 1.81 bits per heavy atom. The Bertz CT molecular complexity index is 1220. The summed E-state index contributed by atoms with van der Waals surface area (Å²) in [5.41, 5.74) is 3.83. The van der Waals surface area contributed by atoms with Crippen LogP contribution in [0.25, 0.3) is 11.3 Å². The number of rotatable bonds is 6. The number of amides is 1. The number of nitrogens with zero attached hydrogens (tertiary/aromatic N) is 3. The van der Waals surface area contributed by atoms with Gasteiger partial charge in [0.15, 0.2) is 5.13 Å². The molecule has 0 atom stereocenters. The Morgan fingerprint density at radius 3 is 2.52 bits per heavy atom. The third-order valence-corrected chi connectivity index (χ3v) is 5.39. The van der Waals surface area contributed by atoms with E-state index in [-0.39, 0.29) is 11.5 Å². The lowest BCUT2D eigenvalue weighted by Crippen LogP contribution is -2.26. The number of thiazole rings is 1. The molecule has 0 aliphatic rings. The summed E-state index contributed by atoms with van der Waals surface area (Å²) in [6, 6.07) is 17.1. The average Bonchev–Trinajstić information content (AvgIpc) is 3.27. The largest absolute Gasteiger partial charge is 0.478 e. The smallest absolute Gasteiger partial charge is 0.335 e. The van der Waals surface area contributed by atoms with Gasteiger partial charge >= 0.3 is 5.97 Å². The molecule has 4 aromatic rings. The molecule has 4 rings (SSSR count). The lowest BCUT2D eigenvalue weighted by atomic mass is 10.1. The highest BCUT2D eigenvalue weighted by Crippen LogP contribution is 2.28. The Morgan fingerprint density at radius 1 is 1.03 bits per heavy atom. The predicted molar refractivity (Wildman–Crippen MR) is 121 cm³/mol. The van der Waals surface area contributed by atoms with E-state index in [1.807, 2.05) is 41.8 Å². The van der Waals surface area contributed by atoms with Crippen LogP contribution in [-0.2, 0) is 0 Å². The number of hydrogen-bond donors (Lipinski definition) is 2. The summed E-state index contributed by atoms with van der Waals surface area (Å²) in [6.45, 7) is 0. The first-order valence-electron chi connectivity index (χ1n) is 9.36. The first-order valence-corrected chi connectivity index (χ1v) is 10.2. The first-order chi connectivity index (χ1) is 15.0. The highest BCUT2D eigenvalue weighted by molar-refractivity contribution is 7.14. The molecule has 0 radical (unpaired) electrons. The van der Waals surface area contributed by atoms with Crippen LogP contribution >= 0.6 is 11.3 Å². The van der Waals surface area contributed by atoms with E-state index in [0.29, 0.717) is 11.3 Å². The number of carboxylic acid groups (broad SMARTS) is 1. The lowest BCUT2D eigenvalue weighted by molar-refractivity contribution is 0.0696. The van der Waals surface area contributed by atoms with Crippen LogP contribution in [0.1, 0.15) is 20.7 Å². The summed E-state index contributed by atoms with van der Waals surface area (Å²) in [4.78, 5) is 34.0. The van der Waals surface area contributed by atoms with Crippen LogP contribution in [0.15, 0.2) is 78.4 Å². The van der Waals surface area contributed by atoms with E-state index in [1.54, 1.807) is 19.4 Å². The van der Waals surface area contributed by atoms with Crippen molar-refractivity contribution >= 4 is 39.7 Å². The van der Waals surface area contributed by atoms with Crippen LogP contribution in [0.3, 0.4) is 0 Å². The summed E-state index contributed by atoms with van der Waals surface area (Å²) >= 11 is 1.48. The summed E-state index contributed by atoms with van der Waals surface area (Å²) in [5, 5.41) is 15.0. The van der Waals surface area contributed by atoms with Crippen LogP contribution in [0.5, 0.6) is 0 Å². The molecule has 1 amide bonds. The van der Waals surface area contributed by atoms with E-state index < -0.39 is 5.97 Å². The van der Waals surface area contributed by atoms with Gasteiger partial charge in [-0.05, 0) is 54.6 Å². The number of aromatic nitrogens is 2. The number of pyridine rings is 1. The number of aromatic carboxylic acids is 1. The molecule has 0 unspecified atom stereocenters.